The number of hydrogen-bond acceptors (Lipinski definition) is 2. The minimum absolute atomic E-state index is 0.296. The minimum atomic E-state index is 0.296. The lowest BCUT2D eigenvalue weighted by atomic mass is 9.99. The van der Waals surface area contributed by atoms with Crippen LogP contribution in [0.2, 0.25) is 0 Å². The van der Waals surface area contributed by atoms with Crippen LogP contribution in [0.15, 0.2) is 0 Å². The first-order valence-corrected chi connectivity index (χ1v) is 5.86. The summed E-state index contributed by atoms with van der Waals surface area (Å²) in [5, 5.41) is 0.296. The van der Waals surface area contributed by atoms with E-state index in [0.717, 1.165) is 32.7 Å². The average molecular weight is 221 g/mol. The molecular weight excluding hydrogens is 200 g/mol. The first-order valence-electron chi connectivity index (χ1n) is 5.42. The van der Waals surface area contributed by atoms with Crippen LogP contribution in [0.5, 0.6) is 0 Å². The lowest BCUT2D eigenvalue weighted by Crippen LogP contribution is -2.15. The van der Waals surface area contributed by atoms with E-state index in [1.165, 1.54) is 12.8 Å². The summed E-state index contributed by atoms with van der Waals surface area (Å²) in [6.45, 7) is 4.54. The van der Waals surface area contributed by atoms with E-state index in [9.17, 15) is 0 Å². The van der Waals surface area contributed by atoms with Gasteiger partial charge in [0, 0.05) is 32.3 Å². The Morgan fingerprint density at radius 1 is 1.29 bits per heavy atom. The zero-order chi connectivity index (χ0) is 10.4. The van der Waals surface area contributed by atoms with Crippen molar-refractivity contribution in [2.75, 3.05) is 26.9 Å². The van der Waals surface area contributed by atoms with Gasteiger partial charge in [0.05, 0.1) is 0 Å². The van der Waals surface area contributed by atoms with Crippen molar-refractivity contribution in [3.8, 4) is 0 Å². The molecule has 84 valence electrons. The Bertz CT molecular complexity index is 155. The molecule has 0 aromatic carbocycles. The standard InChI is InChI=1S/C11H21ClO2/c1-10(12)11(4-5-11)6-9-14-8-3-7-13-2/h10H,3-9H2,1-2H3. The Morgan fingerprint density at radius 3 is 2.50 bits per heavy atom. The van der Waals surface area contributed by atoms with E-state index < -0.39 is 0 Å². The van der Waals surface area contributed by atoms with Crippen LogP contribution in [0, 0.1) is 5.41 Å². The van der Waals surface area contributed by atoms with Gasteiger partial charge >= 0.3 is 0 Å². The van der Waals surface area contributed by atoms with Crippen molar-refractivity contribution in [3.05, 3.63) is 0 Å². The van der Waals surface area contributed by atoms with Gasteiger partial charge in [-0.15, -0.1) is 11.6 Å². The summed E-state index contributed by atoms with van der Waals surface area (Å²) in [4.78, 5) is 0. The zero-order valence-electron chi connectivity index (χ0n) is 9.22. The fraction of sp³-hybridized carbons (Fsp3) is 1.00. The van der Waals surface area contributed by atoms with Gasteiger partial charge in [-0.3, -0.25) is 0 Å². The summed E-state index contributed by atoms with van der Waals surface area (Å²) in [5.74, 6) is 0. The van der Waals surface area contributed by atoms with Crippen molar-refractivity contribution in [3.63, 3.8) is 0 Å². The third-order valence-electron chi connectivity index (χ3n) is 3.12. The molecule has 0 bridgehead atoms. The van der Waals surface area contributed by atoms with E-state index in [1.807, 2.05) is 0 Å². The van der Waals surface area contributed by atoms with Crippen LogP contribution >= 0.6 is 11.6 Å². The summed E-state index contributed by atoms with van der Waals surface area (Å²) < 4.78 is 10.5. The van der Waals surface area contributed by atoms with Gasteiger partial charge in [-0.2, -0.15) is 0 Å². The molecule has 0 amide bonds. The molecule has 3 heteroatoms. The van der Waals surface area contributed by atoms with Gasteiger partial charge in [0.2, 0.25) is 0 Å². The quantitative estimate of drug-likeness (QED) is 0.463. The van der Waals surface area contributed by atoms with Gasteiger partial charge in [-0.1, -0.05) is 0 Å². The molecule has 0 aliphatic heterocycles. The number of rotatable bonds is 8. The first kappa shape index (κ1) is 12.3. The van der Waals surface area contributed by atoms with E-state index in [2.05, 4.69) is 6.92 Å². The monoisotopic (exact) mass is 220 g/mol. The fourth-order valence-corrected chi connectivity index (χ4v) is 2.02. The molecule has 1 fully saturated rings. The van der Waals surface area contributed by atoms with E-state index in [1.54, 1.807) is 7.11 Å². The second kappa shape index (κ2) is 5.94. The maximum absolute atomic E-state index is 6.12. The van der Waals surface area contributed by atoms with Crippen LogP contribution in [-0.2, 0) is 9.47 Å². The summed E-state index contributed by atoms with van der Waals surface area (Å²) in [6.07, 6.45) is 4.66. The van der Waals surface area contributed by atoms with Gasteiger partial charge in [0.25, 0.3) is 0 Å². The summed E-state index contributed by atoms with van der Waals surface area (Å²) in [7, 11) is 1.72. The molecule has 0 spiro atoms. The van der Waals surface area contributed by atoms with E-state index >= 15 is 0 Å². The Balaban J connectivity index is 1.94. The van der Waals surface area contributed by atoms with Crippen molar-refractivity contribution in [1.29, 1.82) is 0 Å². The van der Waals surface area contributed by atoms with Gasteiger partial charge in [-0.25, -0.2) is 0 Å². The molecule has 0 radical (unpaired) electrons. The molecule has 0 aromatic heterocycles. The maximum Gasteiger partial charge on any atom is 0.0487 e. The van der Waals surface area contributed by atoms with Gasteiger partial charge in [0.1, 0.15) is 0 Å². The molecule has 0 heterocycles. The summed E-state index contributed by atoms with van der Waals surface area (Å²) >= 11 is 6.12. The largest absolute Gasteiger partial charge is 0.385 e. The second-order valence-electron chi connectivity index (χ2n) is 4.19. The molecule has 1 aliphatic rings. The van der Waals surface area contributed by atoms with Crippen LogP contribution in [0.1, 0.15) is 32.6 Å². The molecule has 0 aromatic rings. The molecule has 1 rings (SSSR count). The molecule has 1 saturated carbocycles. The molecule has 1 aliphatic carbocycles. The zero-order valence-corrected chi connectivity index (χ0v) is 9.98. The minimum Gasteiger partial charge on any atom is -0.385 e. The third-order valence-corrected chi connectivity index (χ3v) is 3.58. The lowest BCUT2D eigenvalue weighted by molar-refractivity contribution is 0.0913. The Kier molecular flexibility index (Phi) is 5.21. The first-order chi connectivity index (χ1) is 6.71. The molecule has 1 atom stereocenters. The van der Waals surface area contributed by atoms with Crippen LogP contribution in [0.4, 0.5) is 0 Å². The van der Waals surface area contributed by atoms with Crippen molar-refractivity contribution < 1.29 is 9.47 Å². The molecule has 0 saturated heterocycles. The van der Waals surface area contributed by atoms with Crippen molar-refractivity contribution in [2.45, 2.75) is 38.0 Å². The molecule has 14 heavy (non-hydrogen) atoms. The van der Waals surface area contributed by atoms with Gasteiger partial charge < -0.3 is 9.47 Å². The second-order valence-corrected chi connectivity index (χ2v) is 4.84. The van der Waals surface area contributed by atoms with E-state index in [0.29, 0.717) is 10.8 Å². The average Bonchev–Trinajstić information content (AvgIpc) is 2.92. The van der Waals surface area contributed by atoms with Crippen LogP contribution in [0.3, 0.4) is 0 Å². The van der Waals surface area contributed by atoms with Crippen molar-refractivity contribution in [1.82, 2.24) is 0 Å². The fourth-order valence-electron chi connectivity index (χ4n) is 1.69. The maximum atomic E-state index is 6.12. The Hall–Kier alpha value is 0.210. The highest BCUT2D eigenvalue weighted by Gasteiger charge is 2.45. The van der Waals surface area contributed by atoms with E-state index in [4.69, 9.17) is 21.1 Å². The SMILES string of the molecule is COCCCOCCC1(C(C)Cl)CC1. The normalized spacial score (nSPS) is 20.8. The smallest absolute Gasteiger partial charge is 0.0487 e. The number of methoxy groups -OCH3 is 1. The van der Waals surface area contributed by atoms with Crippen molar-refractivity contribution >= 4 is 11.6 Å². The Labute approximate surface area is 91.9 Å². The van der Waals surface area contributed by atoms with Crippen LogP contribution in [-0.4, -0.2) is 32.3 Å². The number of hydrogen-bond donors (Lipinski definition) is 0. The third kappa shape index (κ3) is 3.76. The highest BCUT2D eigenvalue weighted by Crippen LogP contribution is 2.53. The number of ether oxygens (including phenoxy) is 2. The summed E-state index contributed by atoms with van der Waals surface area (Å²) in [6, 6.07) is 0. The highest BCUT2D eigenvalue weighted by molar-refractivity contribution is 6.21. The molecule has 0 N–H and O–H groups in total. The Morgan fingerprint density at radius 2 is 2.00 bits per heavy atom. The number of halogens is 1. The predicted molar refractivity (Wildman–Crippen MR) is 58.9 cm³/mol. The summed E-state index contributed by atoms with van der Waals surface area (Å²) in [5.41, 5.74) is 0.406. The lowest BCUT2D eigenvalue weighted by Gasteiger charge is -2.17. The molecule has 1 unspecified atom stereocenters. The highest BCUT2D eigenvalue weighted by atomic mass is 35.5. The van der Waals surface area contributed by atoms with Gasteiger partial charge in [0.15, 0.2) is 0 Å². The molecule has 2 nitrogen and oxygen atoms in total. The van der Waals surface area contributed by atoms with E-state index in [-0.39, 0.29) is 0 Å². The number of alkyl halides is 1. The van der Waals surface area contributed by atoms with Crippen molar-refractivity contribution in [2.24, 2.45) is 5.41 Å². The van der Waals surface area contributed by atoms with Crippen LogP contribution in [0.25, 0.3) is 0 Å². The molecular formula is C11H21ClO2. The predicted octanol–water partition coefficient (Wildman–Crippen LogP) is 2.84. The topological polar surface area (TPSA) is 18.5 Å². The van der Waals surface area contributed by atoms with Crippen LogP contribution < -0.4 is 0 Å². The van der Waals surface area contributed by atoms with Gasteiger partial charge in [-0.05, 0) is 38.0 Å².